The lowest BCUT2D eigenvalue weighted by atomic mass is 10.2. The fourth-order valence-electron chi connectivity index (χ4n) is 2.40. The molecule has 1 rings (SSSR count). The predicted molar refractivity (Wildman–Crippen MR) is 114 cm³/mol. The van der Waals surface area contributed by atoms with E-state index >= 15 is 0 Å². The first-order valence-electron chi connectivity index (χ1n) is 10.5. The second kappa shape index (κ2) is 17.7. The summed E-state index contributed by atoms with van der Waals surface area (Å²) in [6, 6.07) is 7.15. The monoisotopic (exact) mass is 425 g/mol. The third-order valence-corrected chi connectivity index (χ3v) is 3.89. The molecule has 8 heteroatoms. The average Bonchev–Trinajstić information content (AvgIpc) is 2.72. The van der Waals surface area contributed by atoms with Crippen LogP contribution < -0.4 is 10.1 Å². The molecule has 0 heterocycles. The minimum atomic E-state index is -0.161. The van der Waals surface area contributed by atoms with Crippen molar-refractivity contribution in [3.8, 4) is 5.75 Å². The van der Waals surface area contributed by atoms with E-state index in [2.05, 4.69) is 12.2 Å². The molecule has 0 saturated carbocycles. The van der Waals surface area contributed by atoms with Crippen LogP contribution >= 0.6 is 0 Å². The van der Waals surface area contributed by atoms with Gasteiger partial charge in [-0.2, -0.15) is 0 Å². The summed E-state index contributed by atoms with van der Waals surface area (Å²) < 4.78 is 26.8. The van der Waals surface area contributed by atoms with Gasteiger partial charge in [-0.25, -0.2) is 0 Å². The van der Waals surface area contributed by atoms with Crippen molar-refractivity contribution in [3.63, 3.8) is 0 Å². The molecule has 8 nitrogen and oxygen atoms in total. The van der Waals surface area contributed by atoms with Crippen molar-refractivity contribution < 1.29 is 33.3 Å². The summed E-state index contributed by atoms with van der Waals surface area (Å²) in [5.41, 5.74) is 0.732. The molecule has 1 aromatic rings. The van der Waals surface area contributed by atoms with Gasteiger partial charge in [0, 0.05) is 19.0 Å². The smallest absolute Gasteiger partial charge is 0.305 e. The van der Waals surface area contributed by atoms with Crippen LogP contribution in [0, 0.1) is 0 Å². The quantitative estimate of drug-likeness (QED) is 0.285. The van der Waals surface area contributed by atoms with Crippen molar-refractivity contribution in [1.82, 2.24) is 0 Å². The van der Waals surface area contributed by atoms with Gasteiger partial charge < -0.3 is 29.0 Å². The number of esters is 1. The van der Waals surface area contributed by atoms with Crippen molar-refractivity contribution in [2.45, 2.75) is 39.5 Å². The maximum absolute atomic E-state index is 11.4. The Hall–Kier alpha value is -2.16. The van der Waals surface area contributed by atoms with Crippen LogP contribution in [-0.2, 0) is 28.5 Å². The Morgan fingerprint density at radius 1 is 0.800 bits per heavy atom. The van der Waals surface area contributed by atoms with E-state index in [-0.39, 0.29) is 18.5 Å². The van der Waals surface area contributed by atoms with Crippen LogP contribution in [0.2, 0.25) is 0 Å². The van der Waals surface area contributed by atoms with Crippen molar-refractivity contribution >= 4 is 17.6 Å². The molecule has 0 fully saturated rings. The molecule has 30 heavy (non-hydrogen) atoms. The molecule has 0 spiro atoms. The third kappa shape index (κ3) is 14.8. The van der Waals surface area contributed by atoms with E-state index in [1.54, 1.807) is 24.3 Å². The van der Waals surface area contributed by atoms with E-state index in [0.29, 0.717) is 58.4 Å². The highest BCUT2D eigenvalue weighted by Gasteiger charge is 2.02. The van der Waals surface area contributed by atoms with Gasteiger partial charge >= 0.3 is 5.97 Å². The fourth-order valence-corrected chi connectivity index (χ4v) is 2.40. The van der Waals surface area contributed by atoms with E-state index in [1.807, 2.05) is 0 Å². The molecule has 1 amide bonds. The number of hydrogen-bond acceptors (Lipinski definition) is 7. The molecule has 0 aliphatic carbocycles. The second-order valence-electron chi connectivity index (χ2n) is 6.57. The summed E-state index contributed by atoms with van der Waals surface area (Å²) in [4.78, 5) is 22.4. The lowest BCUT2D eigenvalue weighted by Crippen LogP contribution is -2.14. The van der Waals surface area contributed by atoms with Crippen molar-refractivity contribution in [2.75, 3.05) is 58.2 Å². The van der Waals surface area contributed by atoms with Crippen LogP contribution in [0.25, 0.3) is 0 Å². The van der Waals surface area contributed by atoms with Crippen LogP contribution in [0.4, 0.5) is 5.69 Å². The van der Waals surface area contributed by atoms with E-state index < -0.39 is 0 Å². The summed E-state index contributed by atoms with van der Waals surface area (Å²) >= 11 is 0. The summed E-state index contributed by atoms with van der Waals surface area (Å²) in [7, 11) is 0. The van der Waals surface area contributed by atoms with Gasteiger partial charge in [0.1, 0.15) is 19.0 Å². The Kier molecular flexibility index (Phi) is 15.2. The minimum absolute atomic E-state index is 0.107. The van der Waals surface area contributed by atoms with E-state index in [0.717, 1.165) is 24.9 Å². The maximum atomic E-state index is 11.4. The van der Waals surface area contributed by atoms with E-state index in [1.165, 1.54) is 6.92 Å². The number of carbonyl (C=O) groups excluding carboxylic acids is 2. The topological polar surface area (TPSA) is 92.3 Å². The van der Waals surface area contributed by atoms with Crippen LogP contribution in [-0.4, -0.2) is 64.7 Å². The minimum Gasteiger partial charge on any atom is -0.491 e. The zero-order valence-corrected chi connectivity index (χ0v) is 18.2. The predicted octanol–water partition coefficient (Wildman–Crippen LogP) is 3.20. The molecule has 0 radical (unpaired) electrons. The van der Waals surface area contributed by atoms with Gasteiger partial charge in [0.2, 0.25) is 5.91 Å². The zero-order valence-electron chi connectivity index (χ0n) is 18.2. The highest BCUT2D eigenvalue weighted by Crippen LogP contribution is 2.15. The molecular formula is C22H35NO7. The Morgan fingerprint density at radius 2 is 1.37 bits per heavy atom. The van der Waals surface area contributed by atoms with Gasteiger partial charge in [-0.15, -0.1) is 0 Å². The van der Waals surface area contributed by atoms with Gasteiger partial charge in [-0.1, -0.05) is 19.8 Å². The normalized spacial score (nSPS) is 10.6. The number of anilines is 1. The number of rotatable bonds is 18. The molecule has 0 bridgehead atoms. The van der Waals surface area contributed by atoms with Crippen molar-refractivity contribution in [1.29, 1.82) is 0 Å². The standard InChI is InChI=1S/C22H35NO7/c1-3-4-5-6-22(25)30-18-16-28-14-12-26-11-13-27-15-17-29-21-9-7-20(8-10-21)23-19(2)24/h7-10H,3-6,11-18H2,1-2H3,(H,23,24). The number of amides is 1. The second-order valence-corrected chi connectivity index (χ2v) is 6.57. The SMILES string of the molecule is CCCCCC(=O)OCCOCCOCCOCCOc1ccc(NC(C)=O)cc1. The molecule has 0 aliphatic heterocycles. The van der Waals surface area contributed by atoms with Crippen LogP contribution in [0.1, 0.15) is 39.5 Å². The summed E-state index contributed by atoms with van der Waals surface area (Å²) in [6.07, 6.45) is 3.50. The summed E-state index contributed by atoms with van der Waals surface area (Å²) in [5, 5.41) is 2.70. The number of carbonyl (C=O) groups is 2. The number of nitrogens with one attached hydrogen (secondary N) is 1. The molecule has 0 atom stereocenters. The van der Waals surface area contributed by atoms with E-state index in [9.17, 15) is 9.59 Å². The summed E-state index contributed by atoms with van der Waals surface area (Å²) in [5.74, 6) is 0.448. The number of ether oxygens (including phenoxy) is 5. The van der Waals surface area contributed by atoms with Crippen molar-refractivity contribution in [2.24, 2.45) is 0 Å². The molecule has 1 aromatic carbocycles. The van der Waals surface area contributed by atoms with Gasteiger partial charge in [-0.3, -0.25) is 9.59 Å². The molecular weight excluding hydrogens is 390 g/mol. The van der Waals surface area contributed by atoms with E-state index in [4.69, 9.17) is 23.7 Å². The molecule has 0 aromatic heterocycles. The number of unbranched alkanes of at least 4 members (excludes halogenated alkanes) is 2. The first-order chi connectivity index (χ1) is 14.6. The first kappa shape index (κ1) is 25.9. The molecule has 0 saturated heterocycles. The molecule has 0 unspecified atom stereocenters. The Morgan fingerprint density at radius 3 is 1.93 bits per heavy atom. The fraction of sp³-hybridized carbons (Fsp3) is 0.636. The summed E-state index contributed by atoms with van der Waals surface area (Å²) in [6.45, 7) is 6.97. The van der Waals surface area contributed by atoms with Crippen LogP contribution in [0.5, 0.6) is 5.75 Å². The van der Waals surface area contributed by atoms with Crippen LogP contribution in [0.3, 0.4) is 0 Å². The van der Waals surface area contributed by atoms with Gasteiger partial charge in [0.05, 0.1) is 39.6 Å². The Balaban J connectivity index is 1.84. The van der Waals surface area contributed by atoms with Crippen molar-refractivity contribution in [3.05, 3.63) is 24.3 Å². The van der Waals surface area contributed by atoms with Gasteiger partial charge in [0.25, 0.3) is 0 Å². The van der Waals surface area contributed by atoms with Gasteiger partial charge in [0.15, 0.2) is 0 Å². The Bertz CT molecular complexity index is 577. The van der Waals surface area contributed by atoms with Gasteiger partial charge in [-0.05, 0) is 30.7 Å². The number of benzene rings is 1. The largest absolute Gasteiger partial charge is 0.491 e. The molecule has 1 N–H and O–H groups in total. The van der Waals surface area contributed by atoms with Crippen LogP contribution in [0.15, 0.2) is 24.3 Å². The maximum Gasteiger partial charge on any atom is 0.305 e. The average molecular weight is 426 g/mol. The lowest BCUT2D eigenvalue weighted by molar-refractivity contribution is -0.145. The molecule has 170 valence electrons. The highest BCUT2D eigenvalue weighted by molar-refractivity contribution is 5.88. The number of hydrogen-bond donors (Lipinski definition) is 1. The first-order valence-corrected chi connectivity index (χ1v) is 10.5. The highest BCUT2D eigenvalue weighted by atomic mass is 16.6. The Labute approximate surface area is 179 Å². The lowest BCUT2D eigenvalue weighted by Gasteiger charge is -2.09. The zero-order chi connectivity index (χ0) is 21.9. The third-order valence-electron chi connectivity index (χ3n) is 3.89. The molecule has 0 aliphatic rings.